The van der Waals surface area contributed by atoms with Crippen molar-refractivity contribution in [2.45, 2.75) is 0 Å². The van der Waals surface area contributed by atoms with E-state index in [-0.39, 0.29) is 5.69 Å². The van der Waals surface area contributed by atoms with Crippen LogP contribution in [0.5, 0.6) is 0 Å². The van der Waals surface area contributed by atoms with E-state index in [2.05, 4.69) is 5.32 Å². The maximum Gasteiger partial charge on any atom is 0.357 e. The molecule has 1 aromatic heterocycles. The molecule has 2 rings (SSSR count). The monoisotopic (exact) mass is 277 g/mol. The largest absolute Gasteiger partial charge is 0.383 e. The van der Waals surface area contributed by atoms with Crippen LogP contribution in [0.25, 0.3) is 10.9 Å². The van der Waals surface area contributed by atoms with Crippen molar-refractivity contribution in [3.8, 4) is 0 Å². The first-order valence-electron chi connectivity index (χ1n) is 6.07. The Hall–Kier alpha value is -2.41. The Morgan fingerprint density at radius 1 is 1.40 bits per heavy atom. The molecule has 0 unspecified atom stereocenters. The summed E-state index contributed by atoms with van der Waals surface area (Å²) in [5.74, 6) is 0. The molecule has 0 saturated heterocycles. The molecule has 0 saturated carbocycles. The van der Waals surface area contributed by atoms with Gasteiger partial charge in [-0.25, -0.2) is 0 Å². The standard InChI is InChI=1S/C13H15N3O4/c1-15-10-6-4-3-5-9(10)11(14-7-8-20-2)12(13(15)17)16(18)19/h3-6,14H,7-8H2,1-2H3. The Kier molecular flexibility index (Phi) is 3.99. The number of fused-ring (bicyclic) bond motifs is 1. The third kappa shape index (κ3) is 2.35. The van der Waals surface area contributed by atoms with E-state index < -0.39 is 16.2 Å². The molecule has 0 radical (unpaired) electrons. The van der Waals surface area contributed by atoms with Crippen molar-refractivity contribution in [3.63, 3.8) is 0 Å². The van der Waals surface area contributed by atoms with Gasteiger partial charge in [-0.1, -0.05) is 18.2 Å². The van der Waals surface area contributed by atoms with Gasteiger partial charge in [-0.05, 0) is 6.07 Å². The van der Waals surface area contributed by atoms with E-state index in [0.717, 1.165) is 0 Å². The molecule has 0 atom stereocenters. The number of para-hydroxylation sites is 1. The Balaban J connectivity index is 2.72. The van der Waals surface area contributed by atoms with Gasteiger partial charge in [-0.2, -0.15) is 0 Å². The van der Waals surface area contributed by atoms with E-state index in [0.29, 0.717) is 24.1 Å². The van der Waals surface area contributed by atoms with Crippen molar-refractivity contribution in [1.29, 1.82) is 0 Å². The number of anilines is 1. The molecule has 2 aromatic rings. The zero-order valence-electron chi connectivity index (χ0n) is 11.3. The van der Waals surface area contributed by atoms with Gasteiger partial charge >= 0.3 is 11.2 Å². The average molecular weight is 277 g/mol. The van der Waals surface area contributed by atoms with Crippen molar-refractivity contribution in [1.82, 2.24) is 4.57 Å². The fourth-order valence-corrected chi connectivity index (χ4v) is 2.11. The Morgan fingerprint density at radius 3 is 2.75 bits per heavy atom. The van der Waals surface area contributed by atoms with Crippen LogP contribution in [0.15, 0.2) is 29.1 Å². The minimum absolute atomic E-state index is 0.241. The Morgan fingerprint density at radius 2 is 2.10 bits per heavy atom. The number of ether oxygens (including phenoxy) is 1. The second kappa shape index (κ2) is 5.70. The van der Waals surface area contributed by atoms with Gasteiger partial charge in [0.25, 0.3) is 0 Å². The smallest absolute Gasteiger partial charge is 0.357 e. The van der Waals surface area contributed by atoms with Crippen molar-refractivity contribution in [2.75, 3.05) is 25.6 Å². The number of methoxy groups -OCH3 is 1. The molecule has 0 amide bonds. The fraction of sp³-hybridized carbons (Fsp3) is 0.308. The molecular formula is C13H15N3O4. The third-order valence-corrected chi connectivity index (χ3v) is 3.07. The Bertz CT molecular complexity index is 709. The summed E-state index contributed by atoms with van der Waals surface area (Å²) in [5, 5.41) is 14.8. The van der Waals surface area contributed by atoms with Gasteiger partial charge in [0.1, 0.15) is 5.69 Å². The van der Waals surface area contributed by atoms with Crippen LogP contribution in [-0.4, -0.2) is 29.8 Å². The van der Waals surface area contributed by atoms with E-state index in [1.807, 2.05) is 0 Å². The highest BCUT2D eigenvalue weighted by molar-refractivity contribution is 5.96. The van der Waals surface area contributed by atoms with Crippen molar-refractivity contribution < 1.29 is 9.66 Å². The molecule has 0 fully saturated rings. The molecule has 7 heteroatoms. The molecule has 0 aliphatic rings. The number of nitrogens with zero attached hydrogens (tertiary/aromatic N) is 2. The summed E-state index contributed by atoms with van der Waals surface area (Å²) >= 11 is 0. The summed E-state index contributed by atoms with van der Waals surface area (Å²) in [6, 6.07) is 7.06. The van der Waals surface area contributed by atoms with Crippen LogP contribution in [0.2, 0.25) is 0 Å². The van der Waals surface area contributed by atoms with E-state index >= 15 is 0 Å². The zero-order valence-corrected chi connectivity index (χ0v) is 11.3. The number of hydrogen-bond donors (Lipinski definition) is 1. The van der Waals surface area contributed by atoms with E-state index in [1.165, 1.54) is 18.7 Å². The van der Waals surface area contributed by atoms with Crippen LogP contribution in [0, 0.1) is 10.1 Å². The lowest BCUT2D eigenvalue weighted by molar-refractivity contribution is -0.385. The summed E-state index contributed by atoms with van der Waals surface area (Å²) in [6.07, 6.45) is 0. The van der Waals surface area contributed by atoms with Crippen molar-refractivity contribution in [3.05, 3.63) is 44.7 Å². The van der Waals surface area contributed by atoms with Crippen LogP contribution in [0.1, 0.15) is 0 Å². The first-order chi connectivity index (χ1) is 9.57. The third-order valence-electron chi connectivity index (χ3n) is 3.07. The maximum absolute atomic E-state index is 12.1. The second-order valence-corrected chi connectivity index (χ2v) is 4.28. The number of hydrogen-bond acceptors (Lipinski definition) is 5. The average Bonchev–Trinajstić information content (AvgIpc) is 2.44. The van der Waals surface area contributed by atoms with Crippen LogP contribution < -0.4 is 10.9 Å². The number of benzene rings is 1. The van der Waals surface area contributed by atoms with Crippen molar-refractivity contribution >= 4 is 22.3 Å². The second-order valence-electron chi connectivity index (χ2n) is 4.28. The van der Waals surface area contributed by atoms with Gasteiger partial charge in [0.15, 0.2) is 0 Å². The zero-order chi connectivity index (χ0) is 14.7. The normalized spacial score (nSPS) is 10.7. The quantitative estimate of drug-likeness (QED) is 0.508. The lowest BCUT2D eigenvalue weighted by Crippen LogP contribution is -2.23. The fourth-order valence-electron chi connectivity index (χ4n) is 2.11. The minimum Gasteiger partial charge on any atom is -0.383 e. The minimum atomic E-state index is -0.649. The summed E-state index contributed by atoms with van der Waals surface area (Å²) in [4.78, 5) is 22.7. The highest BCUT2D eigenvalue weighted by Crippen LogP contribution is 2.29. The molecule has 7 nitrogen and oxygen atoms in total. The predicted molar refractivity (Wildman–Crippen MR) is 76.2 cm³/mol. The molecular weight excluding hydrogens is 262 g/mol. The summed E-state index contributed by atoms with van der Waals surface area (Å²) in [5.41, 5.74) is -0.190. The predicted octanol–water partition coefficient (Wildman–Crippen LogP) is 1.50. The van der Waals surface area contributed by atoms with Gasteiger partial charge in [0, 0.05) is 26.1 Å². The molecule has 1 aromatic carbocycles. The molecule has 0 aliphatic heterocycles. The number of pyridine rings is 1. The summed E-state index contributed by atoms with van der Waals surface area (Å²) in [7, 11) is 3.06. The summed E-state index contributed by atoms with van der Waals surface area (Å²) in [6.45, 7) is 0.773. The van der Waals surface area contributed by atoms with E-state index in [1.54, 1.807) is 24.3 Å². The van der Waals surface area contributed by atoms with Crippen molar-refractivity contribution in [2.24, 2.45) is 7.05 Å². The highest BCUT2D eigenvalue weighted by Gasteiger charge is 2.24. The topological polar surface area (TPSA) is 86.4 Å². The molecule has 20 heavy (non-hydrogen) atoms. The molecule has 106 valence electrons. The van der Waals surface area contributed by atoms with Crippen LogP contribution in [0.3, 0.4) is 0 Å². The number of rotatable bonds is 5. The van der Waals surface area contributed by atoms with Gasteiger partial charge < -0.3 is 14.6 Å². The summed E-state index contributed by atoms with van der Waals surface area (Å²) < 4.78 is 6.20. The lowest BCUT2D eigenvalue weighted by Gasteiger charge is -2.12. The first-order valence-corrected chi connectivity index (χ1v) is 6.07. The number of nitro groups is 1. The number of nitrogens with one attached hydrogen (secondary N) is 1. The van der Waals surface area contributed by atoms with Gasteiger partial charge in [-0.3, -0.25) is 14.9 Å². The number of aryl methyl sites for hydroxylation is 1. The van der Waals surface area contributed by atoms with E-state index in [4.69, 9.17) is 4.74 Å². The maximum atomic E-state index is 12.1. The molecule has 0 aliphatic carbocycles. The molecule has 0 bridgehead atoms. The van der Waals surface area contributed by atoms with Crippen LogP contribution >= 0.6 is 0 Å². The van der Waals surface area contributed by atoms with Gasteiger partial charge in [0.05, 0.1) is 17.0 Å². The van der Waals surface area contributed by atoms with Crippen LogP contribution in [0.4, 0.5) is 11.4 Å². The SMILES string of the molecule is COCCNc1c([N+](=O)[O-])c(=O)n(C)c2ccccc12. The molecule has 1 heterocycles. The molecule has 0 spiro atoms. The van der Waals surface area contributed by atoms with Gasteiger partial charge in [-0.15, -0.1) is 0 Å². The Labute approximate surface area is 114 Å². The van der Waals surface area contributed by atoms with Crippen LogP contribution in [-0.2, 0) is 11.8 Å². The van der Waals surface area contributed by atoms with Gasteiger partial charge in [0.2, 0.25) is 0 Å². The number of aromatic nitrogens is 1. The van der Waals surface area contributed by atoms with E-state index in [9.17, 15) is 14.9 Å². The lowest BCUT2D eigenvalue weighted by atomic mass is 10.1. The molecule has 1 N–H and O–H groups in total. The highest BCUT2D eigenvalue weighted by atomic mass is 16.6. The first kappa shape index (κ1) is 14.0.